The molecule has 114 valence electrons. The van der Waals surface area contributed by atoms with Gasteiger partial charge in [-0.15, -0.1) is 0 Å². The van der Waals surface area contributed by atoms with Gasteiger partial charge in [0, 0.05) is 9.82 Å². The van der Waals surface area contributed by atoms with Gasteiger partial charge < -0.3 is 9.47 Å². The van der Waals surface area contributed by atoms with Crippen LogP contribution in [0.25, 0.3) is 20.9 Å². The summed E-state index contributed by atoms with van der Waals surface area (Å²) in [6.45, 7) is 11.7. The second kappa shape index (κ2) is 7.97. The third-order valence-electron chi connectivity index (χ3n) is 2.22. The first-order chi connectivity index (χ1) is 9.09. The summed E-state index contributed by atoms with van der Waals surface area (Å²) in [5.74, 6) is 0. The van der Waals surface area contributed by atoms with Crippen LogP contribution < -0.4 is 0 Å². The molecule has 0 aliphatic carbocycles. The maximum atomic E-state index is 8.64. The molecule has 0 unspecified atom stereocenters. The van der Waals surface area contributed by atoms with E-state index < -0.39 is 12.1 Å². The van der Waals surface area contributed by atoms with Gasteiger partial charge in [-0.25, -0.2) is 0 Å². The lowest BCUT2D eigenvalue weighted by molar-refractivity contribution is -0.0351. The molecular formula is C12H24N6O2. The van der Waals surface area contributed by atoms with Gasteiger partial charge in [0.2, 0.25) is 0 Å². The van der Waals surface area contributed by atoms with Crippen molar-refractivity contribution in [3.63, 3.8) is 0 Å². The summed E-state index contributed by atoms with van der Waals surface area (Å²) in [5.41, 5.74) is 16.5. The normalized spacial score (nSPS) is 14.9. The first-order valence-corrected chi connectivity index (χ1v) is 6.45. The zero-order valence-electron chi connectivity index (χ0n) is 13.1. The van der Waals surface area contributed by atoms with Gasteiger partial charge in [-0.1, -0.05) is 10.2 Å². The molecule has 0 spiro atoms. The zero-order valence-corrected chi connectivity index (χ0v) is 13.1. The van der Waals surface area contributed by atoms with Crippen LogP contribution in [0.5, 0.6) is 0 Å². The molecule has 0 aliphatic heterocycles. The predicted molar refractivity (Wildman–Crippen MR) is 77.3 cm³/mol. The van der Waals surface area contributed by atoms with Gasteiger partial charge in [0.05, 0.1) is 36.5 Å². The molecule has 20 heavy (non-hydrogen) atoms. The van der Waals surface area contributed by atoms with Crippen LogP contribution in [0.15, 0.2) is 10.2 Å². The van der Waals surface area contributed by atoms with Crippen LogP contribution in [-0.4, -0.2) is 36.5 Å². The highest BCUT2D eigenvalue weighted by atomic mass is 16.5. The fourth-order valence-corrected chi connectivity index (χ4v) is 1.25. The molecule has 0 saturated heterocycles. The van der Waals surface area contributed by atoms with E-state index in [1.165, 1.54) is 0 Å². The van der Waals surface area contributed by atoms with E-state index >= 15 is 0 Å². The average Bonchev–Trinajstić information content (AvgIpc) is 2.28. The van der Waals surface area contributed by atoms with Crippen LogP contribution >= 0.6 is 0 Å². The SMILES string of the molecule is CC(C)(C)OC[C@H](N=[N+]=[N-])[C@H](COC(C)(C)C)N=[N+]=[N-]. The number of hydrogen-bond acceptors (Lipinski definition) is 4. The maximum Gasteiger partial charge on any atom is 0.0714 e. The van der Waals surface area contributed by atoms with Crippen LogP contribution in [0, 0.1) is 0 Å². The Morgan fingerprint density at radius 2 is 1.10 bits per heavy atom. The van der Waals surface area contributed by atoms with E-state index in [2.05, 4.69) is 20.1 Å². The fourth-order valence-electron chi connectivity index (χ4n) is 1.25. The number of hydrogen-bond donors (Lipinski definition) is 0. The van der Waals surface area contributed by atoms with Gasteiger partial charge in [-0.2, -0.15) is 0 Å². The topological polar surface area (TPSA) is 116 Å². The highest BCUT2D eigenvalue weighted by molar-refractivity contribution is 4.84. The first-order valence-electron chi connectivity index (χ1n) is 6.45. The number of nitrogens with zero attached hydrogens (tertiary/aromatic N) is 6. The Bertz CT molecular complexity index is 348. The Balaban J connectivity index is 4.86. The lowest BCUT2D eigenvalue weighted by atomic mass is 10.1. The van der Waals surface area contributed by atoms with E-state index in [9.17, 15) is 0 Å². The summed E-state index contributed by atoms with van der Waals surface area (Å²) >= 11 is 0. The summed E-state index contributed by atoms with van der Waals surface area (Å²) in [5, 5.41) is 7.32. The predicted octanol–water partition coefficient (Wildman–Crippen LogP) is 3.97. The van der Waals surface area contributed by atoms with E-state index in [0.717, 1.165) is 0 Å². The van der Waals surface area contributed by atoms with Crippen molar-refractivity contribution in [2.24, 2.45) is 10.2 Å². The quantitative estimate of drug-likeness (QED) is 0.399. The van der Waals surface area contributed by atoms with Gasteiger partial charge in [0.1, 0.15) is 0 Å². The molecule has 0 aromatic rings. The van der Waals surface area contributed by atoms with Gasteiger partial charge >= 0.3 is 0 Å². The molecule has 0 aliphatic rings. The molecule has 2 atom stereocenters. The van der Waals surface area contributed by atoms with Crippen molar-refractivity contribution in [2.75, 3.05) is 13.2 Å². The third kappa shape index (κ3) is 9.47. The molecule has 0 rings (SSSR count). The van der Waals surface area contributed by atoms with Crippen LogP contribution in [-0.2, 0) is 9.47 Å². The minimum absolute atomic E-state index is 0.171. The summed E-state index contributed by atoms with van der Waals surface area (Å²) in [6, 6.07) is -1.20. The Labute approximate surface area is 119 Å². The summed E-state index contributed by atoms with van der Waals surface area (Å²) in [4.78, 5) is 5.58. The Morgan fingerprint density at radius 1 is 0.800 bits per heavy atom. The molecule has 0 aromatic heterocycles. The molecule has 0 aromatic carbocycles. The van der Waals surface area contributed by atoms with E-state index in [0.29, 0.717) is 0 Å². The molecule has 0 radical (unpaired) electrons. The molecule has 0 fully saturated rings. The molecule has 0 amide bonds. The summed E-state index contributed by atoms with van der Waals surface area (Å²) in [7, 11) is 0. The minimum atomic E-state index is -0.600. The first kappa shape index (κ1) is 18.5. The Kier molecular flexibility index (Phi) is 7.39. The highest BCUT2D eigenvalue weighted by Crippen LogP contribution is 2.15. The second-order valence-electron chi connectivity index (χ2n) is 6.39. The lowest BCUT2D eigenvalue weighted by Crippen LogP contribution is -2.36. The molecule has 0 N–H and O–H groups in total. The molecule has 8 heteroatoms. The second-order valence-corrected chi connectivity index (χ2v) is 6.39. The van der Waals surface area contributed by atoms with E-state index in [-0.39, 0.29) is 24.4 Å². The highest BCUT2D eigenvalue weighted by Gasteiger charge is 2.24. The summed E-state index contributed by atoms with van der Waals surface area (Å²) < 4.78 is 11.2. The van der Waals surface area contributed by atoms with Crippen molar-refractivity contribution < 1.29 is 9.47 Å². The molecule has 0 saturated carbocycles. The van der Waals surface area contributed by atoms with E-state index in [1.807, 2.05) is 41.5 Å². The van der Waals surface area contributed by atoms with Gasteiger partial charge in [-0.3, -0.25) is 0 Å². The molecule has 0 heterocycles. The van der Waals surface area contributed by atoms with E-state index in [1.54, 1.807) is 0 Å². The standard InChI is InChI=1S/C12H24N6O2/c1-11(2,3)19-7-9(15-17-13)10(16-18-14)8-20-12(4,5)6/h9-10H,7-8H2,1-6H3/t9-,10-/m0/s1. The maximum absolute atomic E-state index is 8.64. The Hall–Kier alpha value is -1.46. The van der Waals surface area contributed by atoms with Crippen molar-refractivity contribution in [1.29, 1.82) is 0 Å². The van der Waals surface area contributed by atoms with Gasteiger partial charge in [-0.05, 0) is 52.6 Å². The van der Waals surface area contributed by atoms with Crippen molar-refractivity contribution in [3.8, 4) is 0 Å². The number of ether oxygens (including phenoxy) is 2. The Morgan fingerprint density at radius 3 is 1.30 bits per heavy atom. The average molecular weight is 284 g/mol. The van der Waals surface area contributed by atoms with Gasteiger partial charge in [0.15, 0.2) is 0 Å². The van der Waals surface area contributed by atoms with Crippen molar-refractivity contribution >= 4 is 0 Å². The fraction of sp³-hybridized carbons (Fsp3) is 1.00. The minimum Gasteiger partial charge on any atom is -0.375 e. The van der Waals surface area contributed by atoms with Crippen LogP contribution in [0.1, 0.15) is 41.5 Å². The van der Waals surface area contributed by atoms with Crippen LogP contribution in [0.4, 0.5) is 0 Å². The summed E-state index contributed by atoms with van der Waals surface area (Å²) in [6.07, 6.45) is 0. The molecule has 8 nitrogen and oxygen atoms in total. The monoisotopic (exact) mass is 284 g/mol. The molecule has 0 bridgehead atoms. The number of rotatable bonds is 7. The number of azide groups is 2. The largest absolute Gasteiger partial charge is 0.375 e. The van der Waals surface area contributed by atoms with Crippen LogP contribution in [0.3, 0.4) is 0 Å². The van der Waals surface area contributed by atoms with E-state index in [4.69, 9.17) is 20.5 Å². The molecular weight excluding hydrogens is 260 g/mol. The lowest BCUT2D eigenvalue weighted by Gasteiger charge is -2.27. The zero-order chi connectivity index (χ0) is 15.8. The third-order valence-corrected chi connectivity index (χ3v) is 2.22. The van der Waals surface area contributed by atoms with Crippen molar-refractivity contribution in [2.45, 2.75) is 64.8 Å². The van der Waals surface area contributed by atoms with Gasteiger partial charge in [0.25, 0.3) is 0 Å². The van der Waals surface area contributed by atoms with Crippen molar-refractivity contribution in [3.05, 3.63) is 20.9 Å². The van der Waals surface area contributed by atoms with Crippen LogP contribution in [0.2, 0.25) is 0 Å². The van der Waals surface area contributed by atoms with Crippen molar-refractivity contribution in [1.82, 2.24) is 0 Å². The smallest absolute Gasteiger partial charge is 0.0714 e.